The van der Waals surface area contributed by atoms with Crippen molar-refractivity contribution in [3.8, 4) is 0 Å². The molecule has 1 aromatic rings. The summed E-state index contributed by atoms with van der Waals surface area (Å²) in [5, 5.41) is 13.5. The average molecular weight is 347 g/mol. The molecule has 0 radical (unpaired) electrons. The van der Waals surface area contributed by atoms with Crippen LogP contribution in [0.25, 0.3) is 0 Å². The van der Waals surface area contributed by atoms with Crippen LogP contribution in [0.1, 0.15) is 58.1 Å². The molecular weight excluding hydrogens is 323 g/mol. The SMILES string of the molecule is C[C@H](NCc1nnc2n1CCC[C@@H]2C(F)(F)F)C(=O)NC(C)(C)C. The Kier molecular flexibility index (Phi) is 5.22. The maximum Gasteiger partial charge on any atom is 0.398 e. The van der Waals surface area contributed by atoms with Crippen molar-refractivity contribution in [1.29, 1.82) is 0 Å². The van der Waals surface area contributed by atoms with E-state index in [-0.39, 0.29) is 30.2 Å². The Hall–Kier alpha value is -1.64. The van der Waals surface area contributed by atoms with Gasteiger partial charge in [0.1, 0.15) is 17.6 Å². The summed E-state index contributed by atoms with van der Waals surface area (Å²) in [6.45, 7) is 8.00. The van der Waals surface area contributed by atoms with Crippen LogP contribution in [-0.2, 0) is 17.9 Å². The number of carbonyl (C=O) groups excluding carboxylic acids is 1. The van der Waals surface area contributed by atoms with Gasteiger partial charge in [0, 0.05) is 12.1 Å². The van der Waals surface area contributed by atoms with Gasteiger partial charge in [-0.3, -0.25) is 10.1 Å². The van der Waals surface area contributed by atoms with Gasteiger partial charge in [-0.2, -0.15) is 13.2 Å². The zero-order chi connectivity index (χ0) is 18.1. The highest BCUT2D eigenvalue weighted by molar-refractivity contribution is 5.81. The van der Waals surface area contributed by atoms with Gasteiger partial charge in [0.05, 0.1) is 12.6 Å². The van der Waals surface area contributed by atoms with Crippen molar-refractivity contribution in [2.45, 2.75) is 77.3 Å². The Labute approximate surface area is 139 Å². The predicted molar refractivity (Wildman–Crippen MR) is 82.2 cm³/mol. The summed E-state index contributed by atoms with van der Waals surface area (Å²) in [6, 6.07) is -0.487. The van der Waals surface area contributed by atoms with E-state index in [1.165, 1.54) is 4.57 Å². The van der Waals surface area contributed by atoms with E-state index in [0.717, 1.165) is 0 Å². The zero-order valence-electron chi connectivity index (χ0n) is 14.4. The minimum Gasteiger partial charge on any atom is -0.350 e. The van der Waals surface area contributed by atoms with Crippen LogP contribution in [0, 0.1) is 0 Å². The highest BCUT2D eigenvalue weighted by atomic mass is 19.4. The van der Waals surface area contributed by atoms with E-state index in [1.54, 1.807) is 6.92 Å². The molecule has 0 aromatic carbocycles. The number of rotatable bonds is 4. The van der Waals surface area contributed by atoms with Crippen molar-refractivity contribution in [1.82, 2.24) is 25.4 Å². The van der Waals surface area contributed by atoms with Gasteiger partial charge < -0.3 is 9.88 Å². The van der Waals surface area contributed by atoms with Gasteiger partial charge in [-0.15, -0.1) is 10.2 Å². The van der Waals surface area contributed by atoms with Crippen molar-refractivity contribution in [3.63, 3.8) is 0 Å². The van der Waals surface area contributed by atoms with Gasteiger partial charge in [0.15, 0.2) is 0 Å². The molecule has 0 spiro atoms. The Bertz CT molecular complexity index is 591. The third-order valence-electron chi connectivity index (χ3n) is 3.90. The van der Waals surface area contributed by atoms with Crippen molar-refractivity contribution >= 4 is 5.91 Å². The van der Waals surface area contributed by atoms with Crippen LogP contribution in [-0.4, -0.2) is 38.4 Å². The number of nitrogens with one attached hydrogen (secondary N) is 2. The molecule has 9 heteroatoms. The summed E-state index contributed by atoms with van der Waals surface area (Å²) in [7, 11) is 0. The van der Waals surface area contributed by atoms with Gasteiger partial charge in [-0.25, -0.2) is 0 Å². The van der Waals surface area contributed by atoms with Crippen LogP contribution < -0.4 is 10.6 Å². The number of alkyl halides is 3. The number of halogens is 3. The Balaban J connectivity index is 2.02. The third-order valence-corrected chi connectivity index (χ3v) is 3.90. The summed E-state index contributed by atoms with van der Waals surface area (Å²) in [4.78, 5) is 12.0. The third kappa shape index (κ3) is 4.46. The van der Waals surface area contributed by atoms with E-state index in [1.807, 2.05) is 20.8 Å². The predicted octanol–water partition coefficient (Wildman–Crippen LogP) is 2.11. The van der Waals surface area contributed by atoms with Crippen molar-refractivity contribution in [2.75, 3.05) is 0 Å². The van der Waals surface area contributed by atoms with E-state index in [0.29, 0.717) is 18.8 Å². The van der Waals surface area contributed by atoms with Gasteiger partial charge in [-0.1, -0.05) is 0 Å². The van der Waals surface area contributed by atoms with Gasteiger partial charge >= 0.3 is 6.18 Å². The molecule has 2 rings (SSSR count). The molecule has 1 amide bonds. The molecule has 0 saturated heterocycles. The molecule has 1 aliphatic rings. The fourth-order valence-corrected chi connectivity index (χ4v) is 2.69. The van der Waals surface area contributed by atoms with E-state index >= 15 is 0 Å². The molecule has 0 unspecified atom stereocenters. The summed E-state index contributed by atoms with van der Waals surface area (Å²) in [6.07, 6.45) is -3.84. The highest BCUT2D eigenvalue weighted by Crippen LogP contribution is 2.40. The highest BCUT2D eigenvalue weighted by Gasteiger charge is 2.45. The van der Waals surface area contributed by atoms with Gasteiger partial charge in [0.2, 0.25) is 5.91 Å². The standard InChI is InChI=1S/C15H24F3N5O/c1-9(13(24)20-14(2,3)4)19-8-11-21-22-12-10(15(16,17)18)6-5-7-23(11)12/h9-10,19H,5-8H2,1-4H3,(H,20,24)/t9-,10-/m0/s1. The first-order chi connectivity index (χ1) is 11.0. The van der Waals surface area contributed by atoms with Crippen molar-refractivity contribution in [2.24, 2.45) is 0 Å². The number of fused-ring (bicyclic) bond motifs is 1. The smallest absolute Gasteiger partial charge is 0.350 e. The van der Waals surface area contributed by atoms with Crippen LogP contribution in [0.4, 0.5) is 13.2 Å². The maximum absolute atomic E-state index is 13.1. The van der Waals surface area contributed by atoms with E-state index < -0.39 is 18.1 Å². The molecule has 6 nitrogen and oxygen atoms in total. The molecule has 0 fully saturated rings. The Morgan fingerprint density at radius 3 is 2.58 bits per heavy atom. The van der Waals surface area contributed by atoms with Crippen LogP contribution in [0.3, 0.4) is 0 Å². The average Bonchev–Trinajstić information content (AvgIpc) is 2.84. The number of hydrogen-bond acceptors (Lipinski definition) is 4. The number of hydrogen-bond donors (Lipinski definition) is 2. The molecule has 1 aliphatic heterocycles. The molecule has 0 saturated carbocycles. The molecule has 24 heavy (non-hydrogen) atoms. The maximum atomic E-state index is 13.1. The molecule has 0 aliphatic carbocycles. The van der Waals surface area contributed by atoms with Gasteiger partial charge in [-0.05, 0) is 40.5 Å². The van der Waals surface area contributed by atoms with E-state index in [9.17, 15) is 18.0 Å². The molecular formula is C15H24F3N5O. The van der Waals surface area contributed by atoms with Crippen LogP contribution in [0.2, 0.25) is 0 Å². The zero-order valence-corrected chi connectivity index (χ0v) is 14.4. The topological polar surface area (TPSA) is 71.8 Å². The first-order valence-corrected chi connectivity index (χ1v) is 8.03. The molecule has 2 N–H and O–H groups in total. The minimum absolute atomic E-state index is 0.0302. The molecule has 2 atom stereocenters. The summed E-state index contributed by atoms with van der Waals surface area (Å²) < 4.78 is 40.7. The first-order valence-electron chi connectivity index (χ1n) is 8.03. The molecule has 0 bridgehead atoms. The normalized spacial score (nSPS) is 19.7. The summed E-state index contributed by atoms with van der Waals surface area (Å²) in [5.41, 5.74) is -0.346. The van der Waals surface area contributed by atoms with Crippen LogP contribution in [0.5, 0.6) is 0 Å². The largest absolute Gasteiger partial charge is 0.398 e. The lowest BCUT2D eigenvalue weighted by Gasteiger charge is -2.26. The summed E-state index contributed by atoms with van der Waals surface area (Å²) in [5.74, 6) is -1.34. The van der Waals surface area contributed by atoms with Crippen molar-refractivity contribution in [3.05, 3.63) is 11.6 Å². The number of amides is 1. The quantitative estimate of drug-likeness (QED) is 0.875. The van der Waals surface area contributed by atoms with Crippen LogP contribution in [0.15, 0.2) is 0 Å². The molecule has 136 valence electrons. The molecule has 2 heterocycles. The van der Waals surface area contributed by atoms with E-state index in [2.05, 4.69) is 20.8 Å². The molecule has 1 aromatic heterocycles. The lowest BCUT2D eigenvalue weighted by molar-refractivity contribution is -0.156. The second kappa shape index (κ2) is 6.70. The minimum atomic E-state index is -4.31. The Morgan fingerprint density at radius 1 is 1.33 bits per heavy atom. The summed E-state index contributed by atoms with van der Waals surface area (Å²) >= 11 is 0. The second-order valence-electron chi connectivity index (χ2n) is 7.20. The fourth-order valence-electron chi connectivity index (χ4n) is 2.69. The fraction of sp³-hybridized carbons (Fsp3) is 0.800. The van der Waals surface area contributed by atoms with E-state index in [4.69, 9.17) is 0 Å². The lowest BCUT2D eigenvalue weighted by Crippen LogP contribution is -2.49. The number of nitrogens with zero attached hydrogens (tertiary/aromatic N) is 3. The number of carbonyl (C=O) groups is 1. The second-order valence-corrected chi connectivity index (χ2v) is 7.20. The first kappa shape index (κ1) is 18.7. The van der Waals surface area contributed by atoms with Crippen molar-refractivity contribution < 1.29 is 18.0 Å². The Morgan fingerprint density at radius 2 is 2.00 bits per heavy atom. The van der Waals surface area contributed by atoms with Gasteiger partial charge in [0.25, 0.3) is 0 Å². The monoisotopic (exact) mass is 347 g/mol. The van der Waals surface area contributed by atoms with Crippen LogP contribution >= 0.6 is 0 Å². The lowest BCUT2D eigenvalue weighted by atomic mass is 9.98. The number of aromatic nitrogens is 3.